The Kier molecular flexibility index (Phi) is 2.43. The molecule has 0 unspecified atom stereocenters. The van der Waals surface area contributed by atoms with Crippen molar-refractivity contribution >= 4 is 13.1 Å². The third-order valence-corrected chi connectivity index (χ3v) is 3.35. The minimum absolute atomic E-state index is 0.149. The fourth-order valence-electron chi connectivity index (χ4n) is 0.780. The molecule has 1 aliphatic heterocycles. The maximum absolute atomic E-state index is 11.4. The second-order valence-corrected chi connectivity index (χ2v) is 5.87. The van der Waals surface area contributed by atoms with Crippen LogP contribution in [0.5, 0.6) is 0 Å². The van der Waals surface area contributed by atoms with E-state index in [-0.39, 0.29) is 5.41 Å². The molecule has 1 aliphatic rings. The highest BCUT2D eigenvalue weighted by Crippen LogP contribution is 2.53. The summed E-state index contributed by atoms with van der Waals surface area (Å²) < 4.78 is 21.3. The van der Waals surface area contributed by atoms with Gasteiger partial charge in [-0.1, -0.05) is 13.8 Å². The molecule has 0 aromatic rings. The van der Waals surface area contributed by atoms with Crippen LogP contribution in [0.15, 0.2) is 0 Å². The van der Waals surface area contributed by atoms with E-state index in [0.29, 0.717) is 13.2 Å². The van der Waals surface area contributed by atoms with Crippen molar-refractivity contribution in [2.24, 2.45) is 5.41 Å². The minimum Gasteiger partial charge on any atom is -0.303 e. The maximum atomic E-state index is 11.4. The first-order valence-corrected chi connectivity index (χ1v) is 5.30. The highest BCUT2D eigenvalue weighted by atomic mass is 31.2. The first-order chi connectivity index (χ1) is 5.36. The second-order valence-electron chi connectivity index (χ2n) is 3.73. The van der Waals surface area contributed by atoms with E-state index in [1.807, 2.05) is 13.8 Å². The lowest BCUT2D eigenvalue weighted by Crippen LogP contribution is -2.30. The Hall–Kier alpha value is -0.180. The van der Waals surface area contributed by atoms with Gasteiger partial charge in [-0.25, -0.2) is 0 Å². The van der Waals surface area contributed by atoms with E-state index in [0.717, 1.165) is 0 Å². The lowest BCUT2D eigenvalue weighted by atomic mass is 9.97. The fraction of sp³-hybridized carbons (Fsp3) is 0.857. The highest BCUT2D eigenvalue weighted by Gasteiger charge is 2.40. The molecule has 0 aromatic heterocycles. The molecule has 0 saturated carbocycles. The summed E-state index contributed by atoms with van der Waals surface area (Å²) in [7, 11) is -3.40. The zero-order chi connectivity index (χ0) is 9.41. The summed E-state index contributed by atoms with van der Waals surface area (Å²) in [6.07, 6.45) is 0. The molecule has 0 radical (unpaired) electrons. The normalized spacial score (nSPS) is 26.6. The van der Waals surface area contributed by atoms with Crippen LogP contribution in [-0.4, -0.2) is 18.7 Å². The molecule has 70 valence electrons. The van der Waals surface area contributed by atoms with Crippen molar-refractivity contribution in [3.8, 4) is 0 Å². The monoisotopic (exact) mass is 192 g/mol. The maximum Gasteiger partial charge on any atom is 0.396 e. The van der Waals surface area contributed by atoms with Crippen LogP contribution in [0.1, 0.15) is 20.8 Å². The predicted octanol–water partition coefficient (Wildman–Crippen LogP) is 1.80. The van der Waals surface area contributed by atoms with Crippen molar-refractivity contribution < 1.29 is 18.4 Å². The number of hydrogen-bond acceptors (Lipinski definition) is 4. The summed E-state index contributed by atoms with van der Waals surface area (Å²) in [5, 5.41) is 0. The van der Waals surface area contributed by atoms with Gasteiger partial charge in [-0.3, -0.25) is 9.36 Å². The average Bonchev–Trinajstić information content (AvgIpc) is 1.96. The number of carbonyl (C=O) groups is 1. The average molecular weight is 192 g/mol. The SMILES string of the molecule is CC(=O)P1(=O)OCC(C)(C)CO1. The molecular weight excluding hydrogens is 179 g/mol. The molecule has 12 heavy (non-hydrogen) atoms. The van der Waals surface area contributed by atoms with Crippen LogP contribution in [0.3, 0.4) is 0 Å². The van der Waals surface area contributed by atoms with Crippen molar-refractivity contribution in [3.05, 3.63) is 0 Å². The van der Waals surface area contributed by atoms with Gasteiger partial charge < -0.3 is 9.05 Å². The van der Waals surface area contributed by atoms with E-state index in [1.54, 1.807) is 0 Å². The van der Waals surface area contributed by atoms with Crippen molar-refractivity contribution in [2.45, 2.75) is 20.8 Å². The highest BCUT2D eigenvalue weighted by molar-refractivity contribution is 7.71. The van der Waals surface area contributed by atoms with E-state index in [4.69, 9.17) is 9.05 Å². The van der Waals surface area contributed by atoms with E-state index < -0.39 is 13.1 Å². The Balaban J connectivity index is 2.68. The number of hydrogen-bond donors (Lipinski definition) is 0. The van der Waals surface area contributed by atoms with Crippen molar-refractivity contribution in [1.82, 2.24) is 0 Å². The van der Waals surface area contributed by atoms with Gasteiger partial charge in [0.15, 0.2) is 0 Å². The van der Waals surface area contributed by atoms with Gasteiger partial charge in [0, 0.05) is 12.3 Å². The zero-order valence-electron chi connectivity index (χ0n) is 7.49. The van der Waals surface area contributed by atoms with E-state index in [9.17, 15) is 9.36 Å². The van der Waals surface area contributed by atoms with Crippen LogP contribution < -0.4 is 0 Å². The molecule has 0 aromatic carbocycles. The van der Waals surface area contributed by atoms with E-state index in [1.165, 1.54) is 6.92 Å². The molecule has 5 heteroatoms. The van der Waals surface area contributed by atoms with E-state index >= 15 is 0 Å². The topological polar surface area (TPSA) is 52.6 Å². The molecule has 0 bridgehead atoms. The summed E-state index contributed by atoms with van der Waals surface area (Å²) in [5.41, 5.74) is -0.665. The summed E-state index contributed by atoms with van der Waals surface area (Å²) in [4.78, 5) is 10.8. The van der Waals surface area contributed by atoms with Crippen LogP contribution in [-0.2, 0) is 18.4 Å². The van der Waals surface area contributed by atoms with Gasteiger partial charge in [-0.15, -0.1) is 0 Å². The first kappa shape index (κ1) is 9.90. The standard InChI is InChI=1S/C7H13O4P/c1-6(8)12(9)10-4-7(2,3)5-11-12/h4-5H2,1-3H3. The summed E-state index contributed by atoms with van der Waals surface area (Å²) in [6, 6.07) is 0. The van der Waals surface area contributed by atoms with Crippen LogP contribution in [0.25, 0.3) is 0 Å². The molecule has 0 aliphatic carbocycles. The Bertz CT molecular complexity index is 232. The summed E-state index contributed by atoms with van der Waals surface area (Å²) >= 11 is 0. The molecular formula is C7H13O4P. The van der Waals surface area contributed by atoms with Crippen LogP contribution in [0.2, 0.25) is 0 Å². The van der Waals surface area contributed by atoms with Gasteiger partial charge in [0.25, 0.3) is 0 Å². The quantitative estimate of drug-likeness (QED) is 0.594. The molecule has 4 nitrogen and oxygen atoms in total. The van der Waals surface area contributed by atoms with Gasteiger partial charge in [-0.05, 0) is 0 Å². The second kappa shape index (κ2) is 2.95. The summed E-state index contributed by atoms with van der Waals surface area (Å²) in [5.74, 6) is 0. The molecule has 1 saturated heterocycles. The Morgan fingerprint density at radius 2 is 1.75 bits per heavy atom. The van der Waals surface area contributed by atoms with Gasteiger partial charge in [0.1, 0.15) is 0 Å². The molecule has 0 atom stereocenters. The van der Waals surface area contributed by atoms with Crippen molar-refractivity contribution in [2.75, 3.05) is 13.2 Å². The predicted molar refractivity (Wildman–Crippen MR) is 44.0 cm³/mol. The van der Waals surface area contributed by atoms with Crippen molar-refractivity contribution in [1.29, 1.82) is 0 Å². The van der Waals surface area contributed by atoms with Crippen molar-refractivity contribution in [3.63, 3.8) is 0 Å². The smallest absolute Gasteiger partial charge is 0.303 e. The first-order valence-electron chi connectivity index (χ1n) is 3.76. The van der Waals surface area contributed by atoms with Gasteiger partial charge >= 0.3 is 7.60 Å². The molecule has 0 amide bonds. The van der Waals surface area contributed by atoms with Gasteiger partial charge in [-0.2, -0.15) is 0 Å². The number of carbonyl (C=O) groups excluding carboxylic acids is 1. The summed E-state index contributed by atoms with van der Waals surface area (Å²) in [6.45, 7) is 5.69. The van der Waals surface area contributed by atoms with E-state index in [2.05, 4.69) is 0 Å². The lowest BCUT2D eigenvalue weighted by molar-refractivity contribution is -0.113. The molecule has 1 heterocycles. The molecule has 1 fully saturated rings. The molecule has 0 spiro atoms. The third kappa shape index (κ3) is 1.94. The third-order valence-electron chi connectivity index (χ3n) is 1.64. The fourth-order valence-corrected chi connectivity index (χ4v) is 2.26. The lowest BCUT2D eigenvalue weighted by Gasteiger charge is -2.32. The largest absolute Gasteiger partial charge is 0.396 e. The van der Waals surface area contributed by atoms with Gasteiger partial charge in [0.05, 0.1) is 13.2 Å². The Morgan fingerprint density at radius 1 is 1.33 bits per heavy atom. The number of rotatable bonds is 1. The van der Waals surface area contributed by atoms with Crippen LogP contribution >= 0.6 is 7.60 Å². The minimum atomic E-state index is -3.40. The molecule has 1 rings (SSSR count). The van der Waals surface area contributed by atoms with Gasteiger partial charge in [0.2, 0.25) is 5.52 Å². The zero-order valence-corrected chi connectivity index (χ0v) is 8.39. The Labute approximate surface area is 71.8 Å². The molecule has 0 N–H and O–H groups in total. The Morgan fingerprint density at radius 3 is 2.08 bits per heavy atom. The van der Waals surface area contributed by atoms with Crippen LogP contribution in [0, 0.1) is 5.41 Å². The van der Waals surface area contributed by atoms with Crippen LogP contribution in [0.4, 0.5) is 0 Å².